The number of hydrogen-bond donors (Lipinski definition) is 0. The number of piperidine rings is 1. The van der Waals surface area contributed by atoms with Crippen molar-refractivity contribution < 1.29 is 9.59 Å². The standard InChI is InChI=1S/C11H19NO2/c1-11(2,3)5-7-12-6-4-9(13)8-10(12)14/h4-8H2,1-3H3. The first-order valence-electron chi connectivity index (χ1n) is 5.18. The van der Waals surface area contributed by atoms with E-state index in [1.165, 1.54) is 0 Å². The second-order valence-corrected chi connectivity index (χ2v) is 5.16. The molecular formula is C11H19NO2. The Bertz CT molecular complexity index is 240. The third-order valence-electron chi connectivity index (χ3n) is 2.49. The van der Waals surface area contributed by atoms with Gasteiger partial charge in [-0.15, -0.1) is 0 Å². The van der Waals surface area contributed by atoms with Gasteiger partial charge in [0.25, 0.3) is 0 Å². The summed E-state index contributed by atoms with van der Waals surface area (Å²) in [6, 6.07) is 0. The third kappa shape index (κ3) is 3.48. The van der Waals surface area contributed by atoms with Crippen LogP contribution in [0.15, 0.2) is 0 Å². The smallest absolute Gasteiger partial charge is 0.230 e. The zero-order valence-corrected chi connectivity index (χ0v) is 9.30. The fourth-order valence-electron chi connectivity index (χ4n) is 1.46. The number of amides is 1. The van der Waals surface area contributed by atoms with E-state index >= 15 is 0 Å². The maximum Gasteiger partial charge on any atom is 0.230 e. The topological polar surface area (TPSA) is 37.4 Å². The molecular weight excluding hydrogens is 178 g/mol. The summed E-state index contributed by atoms with van der Waals surface area (Å²) in [7, 11) is 0. The first-order chi connectivity index (χ1) is 6.38. The minimum atomic E-state index is 0.00509. The van der Waals surface area contributed by atoms with Crippen molar-refractivity contribution in [1.29, 1.82) is 0 Å². The van der Waals surface area contributed by atoms with E-state index in [0.29, 0.717) is 13.0 Å². The van der Waals surface area contributed by atoms with Gasteiger partial charge in [-0.25, -0.2) is 0 Å². The molecule has 0 aromatic heterocycles. The second kappa shape index (κ2) is 4.11. The number of Topliss-reactive ketones (excluding diaryl/α,β-unsaturated/α-hetero) is 1. The van der Waals surface area contributed by atoms with Crippen LogP contribution < -0.4 is 0 Å². The van der Waals surface area contributed by atoms with E-state index in [-0.39, 0.29) is 23.5 Å². The fourth-order valence-corrected chi connectivity index (χ4v) is 1.46. The van der Waals surface area contributed by atoms with E-state index in [4.69, 9.17) is 0 Å². The third-order valence-corrected chi connectivity index (χ3v) is 2.49. The highest BCUT2D eigenvalue weighted by molar-refractivity contribution is 6.00. The van der Waals surface area contributed by atoms with Gasteiger partial charge in [-0.3, -0.25) is 9.59 Å². The van der Waals surface area contributed by atoms with Gasteiger partial charge in [0.15, 0.2) is 0 Å². The lowest BCUT2D eigenvalue weighted by Crippen LogP contribution is -2.40. The average Bonchev–Trinajstić information content (AvgIpc) is 2.00. The molecule has 0 spiro atoms. The van der Waals surface area contributed by atoms with Gasteiger partial charge >= 0.3 is 0 Å². The van der Waals surface area contributed by atoms with E-state index in [1.54, 1.807) is 0 Å². The minimum absolute atomic E-state index is 0.00509. The Labute approximate surface area is 85.5 Å². The van der Waals surface area contributed by atoms with Crippen molar-refractivity contribution in [2.24, 2.45) is 5.41 Å². The summed E-state index contributed by atoms with van der Waals surface area (Å²) in [4.78, 5) is 24.2. The Morgan fingerprint density at radius 2 is 1.93 bits per heavy atom. The van der Waals surface area contributed by atoms with Crippen LogP contribution >= 0.6 is 0 Å². The van der Waals surface area contributed by atoms with Crippen molar-refractivity contribution in [3.8, 4) is 0 Å². The Morgan fingerprint density at radius 3 is 2.43 bits per heavy atom. The Hall–Kier alpha value is -0.860. The van der Waals surface area contributed by atoms with E-state index in [1.807, 2.05) is 4.90 Å². The van der Waals surface area contributed by atoms with Crippen LogP contribution in [0.2, 0.25) is 0 Å². The quantitative estimate of drug-likeness (QED) is 0.631. The minimum Gasteiger partial charge on any atom is -0.342 e. The highest BCUT2D eigenvalue weighted by Crippen LogP contribution is 2.20. The van der Waals surface area contributed by atoms with Gasteiger partial charge in [0.05, 0.1) is 6.42 Å². The predicted molar refractivity (Wildman–Crippen MR) is 54.9 cm³/mol. The zero-order chi connectivity index (χ0) is 10.8. The highest BCUT2D eigenvalue weighted by atomic mass is 16.2. The maximum absolute atomic E-state index is 11.4. The summed E-state index contributed by atoms with van der Waals surface area (Å²) in [5.41, 5.74) is 0.252. The van der Waals surface area contributed by atoms with Crippen molar-refractivity contribution in [2.45, 2.75) is 40.0 Å². The normalized spacial score (nSPS) is 18.9. The van der Waals surface area contributed by atoms with Gasteiger partial charge in [-0.1, -0.05) is 20.8 Å². The molecule has 1 amide bonds. The van der Waals surface area contributed by atoms with E-state index < -0.39 is 0 Å². The van der Waals surface area contributed by atoms with Crippen molar-refractivity contribution >= 4 is 11.7 Å². The van der Waals surface area contributed by atoms with Gasteiger partial charge < -0.3 is 4.90 Å². The number of carbonyl (C=O) groups is 2. The van der Waals surface area contributed by atoms with Gasteiger partial charge in [0.1, 0.15) is 5.78 Å². The van der Waals surface area contributed by atoms with E-state index in [2.05, 4.69) is 20.8 Å². The van der Waals surface area contributed by atoms with Gasteiger partial charge in [0, 0.05) is 19.5 Å². The van der Waals surface area contributed by atoms with Gasteiger partial charge in [-0.2, -0.15) is 0 Å². The van der Waals surface area contributed by atoms with Crippen LogP contribution in [0.3, 0.4) is 0 Å². The monoisotopic (exact) mass is 197 g/mol. The lowest BCUT2D eigenvalue weighted by molar-refractivity contribution is -0.139. The molecule has 0 aliphatic carbocycles. The van der Waals surface area contributed by atoms with Crippen LogP contribution in [0.1, 0.15) is 40.0 Å². The molecule has 0 aromatic carbocycles. The molecule has 1 fully saturated rings. The molecule has 1 aliphatic heterocycles. The summed E-state index contributed by atoms with van der Waals surface area (Å²) < 4.78 is 0. The molecule has 3 nitrogen and oxygen atoms in total. The molecule has 0 N–H and O–H groups in total. The lowest BCUT2D eigenvalue weighted by atomic mass is 9.92. The molecule has 80 valence electrons. The molecule has 1 aliphatic rings. The molecule has 14 heavy (non-hydrogen) atoms. The number of carbonyl (C=O) groups excluding carboxylic acids is 2. The molecule has 0 unspecified atom stereocenters. The summed E-state index contributed by atoms with van der Waals surface area (Å²) in [5, 5.41) is 0. The van der Waals surface area contributed by atoms with Crippen molar-refractivity contribution in [1.82, 2.24) is 4.90 Å². The predicted octanol–water partition coefficient (Wildman–Crippen LogP) is 1.61. The molecule has 1 rings (SSSR count). The van der Waals surface area contributed by atoms with Crippen LogP contribution in [0, 0.1) is 5.41 Å². The van der Waals surface area contributed by atoms with Crippen LogP contribution in [-0.4, -0.2) is 29.7 Å². The molecule has 0 aromatic rings. The van der Waals surface area contributed by atoms with Crippen molar-refractivity contribution in [3.05, 3.63) is 0 Å². The maximum atomic E-state index is 11.4. The fraction of sp³-hybridized carbons (Fsp3) is 0.818. The van der Waals surface area contributed by atoms with Crippen LogP contribution in [-0.2, 0) is 9.59 Å². The summed E-state index contributed by atoms with van der Waals surface area (Å²) >= 11 is 0. The molecule has 0 radical (unpaired) electrons. The van der Waals surface area contributed by atoms with E-state index in [9.17, 15) is 9.59 Å². The van der Waals surface area contributed by atoms with Gasteiger partial charge in [0.2, 0.25) is 5.91 Å². The number of hydrogen-bond acceptors (Lipinski definition) is 2. The van der Waals surface area contributed by atoms with Crippen molar-refractivity contribution in [2.75, 3.05) is 13.1 Å². The Kier molecular flexibility index (Phi) is 3.29. The summed E-state index contributed by atoms with van der Waals surface area (Å²) in [6.07, 6.45) is 1.65. The Morgan fingerprint density at radius 1 is 1.29 bits per heavy atom. The highest BCUT2D eigenvalue weighted by Gasteiger charge is 2.24. The summed E-state index contributed by atoms with van der Waals surface area (Å²) in [6.45, 7) is 7.88. The molecule has 3 heteroatoms. The van der Waals surface area contributed by atoms with Gasteiger partial charge in [-0.05, 0) is 11.8 Å². The van der Waals surface area contributed by atoms with E-state index in [0.717, 1.165) is 13.0 Å². The molecule has 1 heterocycles. The number of ketones is 1. The second-order valence-electron chi connectivity index (χ2n) is 5.16. The van der Waals surface area contributed by atoms with Crippen molar-refractivity contribution in [3.63, 3.8) is 0 Å². The van der Waals surface area contributed by atoms with Crippen LogP contribution in [0.5, 0.6) is 0 Å². The summed E-state index contributed by atoms with van der Waals surface area (Å²) in [5.74, 6) is 0.0903. The number of rotatable bonds is 2. The molecule has 0 bridgehead atoms. The Balaban J connectivity index is 2.39. The average molecular weight is 197 g/mol. The zero-order valence-electron chi connectivity index (χ0n) is 9.30. The molecule has 0 atom stereocenters. The first kappa shape index (κ1) is 11.2. The van der Waals surface area contributed by atoms with Crippen LogP contribution in [0.25, 0.3) is 0 Å². The SMILES string of the molecule is CC(C)(C)CCN1CCC(=O)CC1=O. The molecule has 1 saturated heterocycles. The lowest BCUT2D eigenvalue weighted by Gasteiger charge is -2.29. The molecule has 0 saturated carbocycles. The largest absolute Gasteiger partial charge is 0.342 e. The van der Waals surface area contributed by atoms with Crippen LogP contribution in [0.4, 0.5) is 0 Å². The number of likely N-dealkylation sites (tertiary alicyclic amines) is 1. The first-order valence-corrected chi connectivity index (χ1v) is 5.18. The number of nitrogens with zero attached hydrogens (tertiary/aromatic N) is 1.